The molecule has 0 saturated heterocycles. The molecule has 1 aromatic rings. The van der Waals surface area contributed by atoms with Crippen molar-refractivity contribution in [3.63, 3.8) is 0 Å². The highest BCUT2D eigenvalue weighted by Crippen LogP contribution is 2.14. The summed E-state index contributed by atoms with van der Waals surface area (Å²) in [6.45, 7) is 8.13. The van der Waals surface area contributed by atoms with Gasteiger partial charge >= 0.3 is 0 Å². The maximum Gasteiger partial charge on any atom is 0.240 e. The zero-order valence-corrected chi connectivity index (χ0v) is 13.6. The van der Waals surface area contributed by atoms with Crippen molar-refractivity contribution in [2.24, 2.45) is 11.7 Å². The van der Waals surface area contributed by atoms with Gasteiger partial charge in [-0.3, -0.25) is 0 Å². The molecule has 0 amide bonds. The van der Waals surface area contributed by atoms with Gasteiger partial charge in [-0.25, -0.2) is 13.1 Å². The van der Waals surface area contributed by atoms with Crippen LogP contribution in [0.4, 0.5) is 0 Å². The maximum absolute atomic E-state index is 12.1. The number of nitrogens with one attached hydrogen (secondary N) is 1. The minimum Gasteiger partial charge on any atom is -0.324 e. The fourth-order valence-corrected chi connectivity index (χ4v) is 2.88. The van der Waals surface area contributed by atoms with Crippen LogP contribution in [0.1, 0.15) is 39.7 Å². The summed E-state index contributed by atoms with van der Waals surface area (Å²) >= 11 is 0. The molecule has 0 radical (unpaired) electrons. The molecule has 0 aliphatic heterocycles. The SMILES string of the molecule is CC(C)CCc1ccc(S(=O)(=O)NCC(C)(C)N)cc1. The van der Waals surface area contributed by atoms with Crippen LogP contribution in [-0.2, 0) is 16.4 Å². The van der Waals surface area contributed by atoms with Crippen molar-refractivity contribution in [1.29, 1.82) is 0 Å². The molecule has 5 heteroatoms. The fourth-order valence-electron chi connectivity index (χ4n) is 1.65. The molecule has 0 saturated carbocycles. The number of hydrogen-bond donors (Lipinski definition) is 2. The van der Waals surface area contributed by atoms with Crippen LogP contribution in [-0.4, -0.2) is 20.5 Å². The smallest absolute Gasteiger partial charge is 0.240 e. The Labute approximate surface area is 122 Å². The summed E-state index contributed by atoms with van der Waals surface area (Å²) in [4.78, 5) is 0.287. The standard InChI is InChI=1S/C15H26N2O2S/c1-12(2)5-6-13-7-9-14(10-8-13)20(18,19)17-11-15(3,4)16/h7-10,12,17H,5-6,11,16H2,1-4H3. The largest absolute Gasteiger partial charge is 0.324 e. The molecule has 0 aliphatic rings. The lowest BCUT2D eigenvalue weighted by molar-refractivity contribution is 0.498. The Kier molecular flexibility index (Phi) is 5.74. The highest BCUT2D eigenvalue weighted by atomic mass is 32.2. The lowest BCUT2D eigenvalue weighted by atomic mass is 10.0. The van der Waals surface area contributed by atoms with Crippen LogP contribution in [0.25, 0.3) is 0 Å². The van der Waals surface area contributed by atoms with Gasteiger partial charge in [-0.05, 0) is 50.3 Å². The van der Waals surface area contributed by atoms with Crippen molar-refractivity contribution in [2.75, 3.05) is 6.54 Å². The predicted molar refractivity (Wildman–Crippen MR) is 83.1 cm³/mol. The minimum atomic E-state index is -3.47. The highest BCUT2D eigenvalue weighted by molar-refractivity contribution is 7.89. The molecule has 114 valence electrons. The second-order valence-corrected chi connectivity index (χ2v) is 8.16. The van der Waals surface area contributed by atoms with Gasteiger partial charge in [-0.1, -0.05) is 26.0 Å². The number of aryl methyl sites for hydroxylation is 1. The van der Waals surface area contributed by atoms with E-state index < -0.39 is 15.6 Å². The lowest BCUT2D eigenvalue weighted by Crippen LogP contribution is -2.45. The summed E-state index contributed by atoms with van der Waals surface area (Å²) in [6.07, 6.45) is 2.08. The Morgan fingerprint density at radius 3 is 2.20 bits per heavy atom. The maximum atomic E-state index is 12.1. The van der Waals surface area contributed by atoms with E-state index in [1.54, 1.807) is 26.0 Å². The van der Waals surface area contributed by atoms with Gasteiger partial charge in [0.05, 0.1) is 4.90 Å². The van der Waals surface area contributed by atoms with Crippen LogP contribution in [0, 0.1) is 5.92 Å². The van der Waals surface area contributed by atoms with Crippen molar-refractivity contribution in [1.82, 2.24) is 4.72 Å². The van der Waals surface area contributed by atoms with E-state index in [4.69, 9.17) is 5.73 Å². The molecule has 0 atom stereocenters. The van der Waals surface area contributed by atoms with Gasteiger partial charge in [0.1, 0.15) is 0 Å². The van der Waals surface area contributed by atoms with Crippen molar-refractivity contribution in [2.45, 2.75) is 51.0 Å². The Morgan fingerprint density at radius 2 is 1.75 bits per heavy atom. The molecule has 20 heavy (non-hydrogen) atoms. The topological polar surface area (TPSA) is 72.2 Å². The summed E-state index contributed by atoms with van der Waals surface area (Å²) < 4.78 is 26.7. The molecule has 1 aromatic carbocycles. The van der Waals surface area contributed by atoms with E-state index in [0.29, 0.717) is 5.92 Å². The van der Waals surface area contributed by atoms with Gasteiger partial charge < -0.3 is 5.73 Å². The van der Waals surface area contributed by atoms with Crippen LogP contribution >= 0.6 is 0 Å². The van der Waals surface area contributed by atoms with Gasteiger partial charge in [-0.15, -0.1) is 0 Å². The second kappa shape index (κ2) is 6.70. The average molecular weight is 298 g/mol. The van der Waals surface area contributed by atoms with Gasteiger partial charge in [0.2, 0.25) is 10.0 Å². The fraction of sp³-hybridized carbons (Fsp3) is 0.600. The van der Waals surface area contributed by atoms with Crippen LogP contribution < -0.4 is 10.5 Å². The molecular weight excluding hydrogens is 272 g/mol. The van der Waals surface area contributed by atoms with Crippen LogP contribution in [0.3, 0.4) is 0 Å². The molecule has 0 aliphatic carbocycles. The zero-order chi connectivity index (χ0) is 15.4. The molecule has 0 unspecified atom stereocenters. The van der Waals surface area contributed by atoms with Crippen molar-refractivity contribution >= 4 is 10.0 Å². The normalized spacial score (nSPS) is 12.9. The monoisotopic (exact) mass is 298 g/mol. The number of sulfonamides is 1. The van der Waals surface area contributed by atoms with Gasteiger partial charge in [0, 0.05) is 12.1 Å². The highest BCUT2D eigenvalue weighted by Gasteiger charge is 2.18. The van der Waals surface area contributed by atoms with Crippen LogP contribution in [0.2, 0.25) is 0 Å². The number of nitrogens with two attached hydrogens (primary N) is 1. The van der Waals surface area contributed by atoms with Crippen LogP contribution in [0.5, 0.6) is 0 Å². The third kappa shape index (κ3) is 6.03. The molecule has 0 spiro atoms. The van der Waals surface area contributed by atoms with E-state index in [9.17, 15) is 8.42 Å². The minimum absolute atomic E-state index is 0.213. The van der Waals surface area contributed by atoms with Gasteiger partial charge in [-0.2, -0.15) is 0 Å². The summed E-state index contributed by atoms with van der Waals surface area (Å²) in [5.74, 6) is 0.645. The second-order valence-electron chi connectivity index (χ2n) is 6.39. The summed E-state index contributed by atoms with van der Waals surface area (Å²) in [7, 11) is -3.47. The van der Waals surface area contributed by atoms with E-state index >= 15 is 0 Å². The Hall–Kier alpha value is -0.910. The third-order valence-electron chi connectivity index (χ3n) is 2.96. The van der Waals surface area contributed by atoms with E-state index in [2.05, 4.69) is 18.6 Å². The average Bonchev–Trinajstić information content (AvgIpc) is 2.34. The Balaban J connectivity index is 2.72. The first kappa shape index (κ1) is 17.1. The molecule has 4 nitrogen and oxygen atoms in total. The first-order chi connectivity index (χ1) is 9.10. The summed E-state index contributed by atoms with van der Waals surface area (Å²) in [5.41, 5.74) is 6.38. The van der Waals surface area contributed by atoms with E-state index in [1.165, 1.54) is 0 Å². The molecule has 0 heterocycles. The van der Waals surface area contributed by atoms with E-state index in [1.807, 2.05) is 12.1 Å². The molecule has 0 aromatic heterocycles. The predicted octanol–water partition coefficient (Wildman–Crippen LogP) is 2.29. The first-order valence-electron chi connectivity index (χ1n) is 6.98. The quantitative estimate of drug-likeness (QED) is 0.811. The molecular formula is C15H26N2O2S. The Morgan fingerprint density at radius 1 is 1.20 bits per heavy atom. The van der Waals surface area contributed by atoms with E-state index in [0.717, 1.165) is 18.4 Å². The zero-order valence-electron chi connectivity index (χ0n) is 12.8. The van der Waals surface area contributed by atoms with Gasteiger partial charge in [0.15, 0.2) is 0 Å². The number of rotatable bonds is 7. The first-order valence-corrected chi connectivity index (χ1v) is 8.46. The van der Waals surface area contributed by atoms with Crippen molar-refractivity contribution < 1.29 is 8.42 Å². The van der Waals surface area contributed by atoms with Gasteiger partial charge in [0.25, 0.3) is 0 Å². The molecule has 0 fully saturated rings. The molecule has 1 rings (SSSR count). The molecule has 3 N–H and O–H groups in total. The lowest BCUT2D eigenvalue weighted by Gasteiger charge is -2.19. The van der Waals surface area contributed by atoms with Crippen LogP contribution in [0.15, 0.2) is 29.2 Å². The summed E-state index contributed by atoms with van der Waals surface area (Å²) in [6, 6.07) is 7.07. The van der Waals surface area contributed by atoms with Crippen molar-refractivity contribution in [3.05, 3.63) is 29.8 Å². The Bertz CT molecular complexity index is 514. The number of benzene rings is 1. The number of hydrogen-bond acceptors (Lipinski definition) is 3. The third-order valence-corrected chi connectivity index (χ3v) is 4.38. The molecule has 0 bridgehead atoms. The van der Waals surface area contributed by atoms with Crippen molar-refractivity contribution in [3.8, 4) is 0 Å². The summed E-state index contributed by atoms with van der Waals surface area (Å²) in [5, 5.41) is 0. The van der Waals surface area contributed by atoms with E-state index in [-0.39, 0.29) is 11.4 Å².